The number of hydrogen-bond donors (Lipinski definition) is 1. The van der Waals surface area contributed by atoms with Crippen molar-refractivity contribution in [1.82, 2.24) is 5.32 Å². The second-order valence-corrected chi connectivity index (χ2v) is 7.56. The van der Waals surface area contributed by atoms with Crippen LogP contribution in [0.25, 0.3) is 0 Å². The normalized spacial score (nSPS) is 13.6. The molecule has 17 heavy (non-hydrogen) atoms. The van der Waals surface area contributed by atoms with Crippen LogP contribution in [0.4, 0.5) is 4.79 Å². The lowest BCUT2D eigenvalue weighted by Crippen LogP contribution is -2.53. The third-order valence-electron chi connectivity index (χ3n) is 3.62. The maximum Gasteiger partial charge on any atom is 0.280 e. The molecule has 0 saturated carbocycles. The van der Waals surface area contributed by atoms with Crippen LogP contribution >= 0.6 is 22.6 Å². The van der Waals surface area contributed by atoms with Crippen molar-refractivity contribution >= 4 is 26.5 Å². The Morgan fingerprint density at radius 3 is 1.76 bits per heavy atom. The van der Waals surface area contributed by atoms with E-state index in [4.69, 9.17) is 4.74 Å². The third kappa shape index (κ3) is 4.73. The molecule has 0 saturated heterocycles. The summed E-state index contributed by atoms with van der Waals surface area (Å²) in [5.74, 6) is 0. The minimum absolute atomic E-state index is 0.0413. The highest BCUT2D eigenvalue weighted by molar-refractivity contribution is 14.1. The molecule has 0 aliphatic heterocycles. The Bertz CT molecular complexity index is 250. The van der Waals surface area contributed by atoms with Gasteiger partial charge in [0.25, 0.3) is 3.91 Å². The third-order valence-corrected chi connectivity index (χ3v) is 4.00. The maximum atomic E-state index is 10.8. The van der Waals surface area contributed by atoms with Gasteiger partial charge in [0.15, 0.2) is 0 Å². The van der Waals surface area contributed by atoms with Crippen molar-refractivity contribution in [3.8, 4) is 0 Å². The van der Waals surface area contributed by atoms with Gasteiger partial charge < -0.3 is 10.1 Å². The SMILES string of the molecule is CC(C)(C)C(C)(OCCNC(=O)I)C(C)(C)C. The Labute approximate surface area is 119 Å². The van der Waals surface area contributed by atoms with Crippen LogP contribution in [0.1, 0.15) is 48.5 Å². The molecular weight excluding hydrogens is 329 g/mol. The van der Waals surface area contributed by atoms with Crippen LogP contribution in [0.15, 0.2) is 0 Å². The molecule has 4 heteroatoms. The largest absolute Gasteiger partial charge is 0.372 e. The molecule has 0 atom stereocenters. The summed E-state index contributed by atoms with van der Waals surface area (Å²) in [6.45, 7) is 16.4. The number of amides is 1. The van der Waals surface area contributed by atoms with E-state index in [9.17, 15) is 4.79 Å². The number of hydrogen-bond acceptors (Lipinski definition) is 2. The summed E-state index contributed by atoms with van der Waals surface area (Å²) < 4.78 is 6.05. The van der Waals surface area contributed by atoms with Gasteiger partial charge in [-0.2, -0.15) is 0 Å². The van der Waals surface area contributed by atoms with E-state index in [1.807, 2.05) is 0 Å². The van der Waals surface area contributed by atoms with Crippen LogP contribution in [0.2, 0.25) is 0 Å². The van der Waals surface area contributed by atoms with Gasteiger partial charge in [-0.25, -0.2) is 0 Å². The summed E-state index contributed by atoms with van der Waals surface area (Å²) in [7, 11) is 0. The van der Waals surface area contributed by atoms with Gasteiger partial charge in [-0.1, -0.05) is 41.5 Å². The van der Waals surface area contributed by atoms with Crippen LogP contribution in [0.5, 0.6) is 0 Å². The summed E-state index contributed by atoms with van der Waals surface area (Å²) in [6, 6.07) is 0. The highest BCUT2D eigenvalue weighted by Crippen LogP contribution is 2.46. The molecule has 0 unspecified atom stereocenters. The second kappa shape index (κ2) is 5.87. The zero-order chi connectivity index (χ0) is 13.9. The Kier molecular flexibility index (Phi) is 5.92. The predicted molar refractivity (Wildman–Crippen MR) is 80.7 cm³/mol. The van der Waals surface area contributed by atoms with Gasteiger partial charge in [-0.05, 0) is 17.8 Å². The first-order valence-electron chi connectivity index (χ1n) is 5.99. The first-order valence-corrected chi connectivity index (χ1v) is 7.07. The van der Waals surface area contributed by atoms with E-state index in [1.165, 1.54) is 0 Å². The molecule has 0 aromatic rings. The summed E-state index contributed by atoms with van der Waals surface area (Å²) in [6.07, 6.45) is 0. The number of ether oxygens (including phenoxy) is 1. The van der Waals surface area contributed by atoms with E-state index in [2.05, 4.69) is 53.8 Å². The van der Waals surface area contributed by atoms with Crippen LogP contribution in [0.3, 0.4) is 0 Å². The zero-order valence-electron chi connectivity index (χ0n) is 12.1. The fraction of sp³-hybridized carbons (Fsp3) is 0.923. The lowest BCUT2D eigenvalue weighted by molar-refractivity contribution is -0.166. The molecule has 0 fully saturated rings. The van der Waals surface area contributed by atoms with Gasteiger partial charge in [0.1, 0.15) is 0 Å². The lowest BCUT2D eigenvalue weighted by atomic mass is 9.63. The average molecular weight is 355 g/mol. The molecule has 0 bridgehead atoms. The zero-order valence-corrected chi connectivity index (χ0v) is 14.3. The molecule has 0 aliphatic carbocycles. The fourth-order valence-corrected chi connectivity index (χ4v) is 2.23. The van der Waals surface area contributed by atoms with Crippen molar-refractivity contribution in [3.05, 3.63) is 0 Å². The van der Waals surface area contributed by atoms with Gasteiger partial charge in [-0.3, -0.25) is 4.79 Å². The standard InChI is InChI=1S/C13H26INO2/c1-11(2,3)13(7,12(4,5)6)17-9-8-15-10(14)16/h8-9H2,1-7H3,(H,15,16). The van der Waals surface area contributed by atoms with Gasteiger partial charge in [0.05, 0.1) is 12.2 Å². The van der Waals surface area contributed by atoms with E-state index < -0.39 is 0 Å². The second-order valence-electron chi connectivity index (χ2n) is 6.58. The molecule has 1 N–H and O–H groups in total. The fourth-order valence-electron chi connectivity index (χ4n) is 1.96. The van der Waals surface area contributed by atoms with Gasteiger partial charge in [-0.15, -0.1) is 0 Å². The highest BCUT2D eigenvalue weighted by atomic mass is 127. The summed E-state index contributed by atoms with van der Waals surface area (Å²) in [4.78, 5) is 10.8. The summed E-state index contributed by atoms with van der Waals surface area (Å²) in [5, 5.41) is 2.74. The van der Waals surface area contributed by atoms with E-state index in [1.54, 1.807) is 22.6 Å². The molecule has 0 aromatic carbocycles. The van der Waals surface area contributed by atoms with Crippen LogP contribution in [0, 0.1) is 10.8 Å². The topological polar surface area (TPSA) is 38.3 Å². The number of carbonyl (C=O) groups excluding carboxylic acids is 1. The smallest absolute Gasteiger partial charge is 0.280 e. The molecule has 0 radical (unpaired) electrons. The Morgan fingerprint density at radius 2 is 1.47 bits per heavy atom. The van der Waals surface area contributed by atoms with Crippen molar-refractivity contribution in [2.24, 2.45) is 10.8 Å². The quantitative estimate of drug-likeness (QED) is 0.358. The van der Waals surface area contributed by atoms with Crippen molar-refractivity contribution in [1.29, 1.82) is 0 Å². The first kappa shape index (κ1) is 17.2. The maximum absolute atomic E-state index is 10.8. The number of rotatable bonds is 4. The van der Waals surface area contributed by atoms with E-state index in [0.717, 1.165) is 0 Å². The van der Waals surface area contributed by atoms with Crippen LogP contribution < -0.4 is 5.32 Å². The molecule has 102 valence electrons. The predicted octanol–water partition coefficient (Wildman–Crippen LogP) is 4.00. The number of halogens is 1. The average Bonchev–Trinajstić information content (AvgIpc) is 2.07. The van der Waals surface area contributed by atoms with Gasteiger partial charge in [0, 0.05) is 29.1 Å². The molecule has 0 aliphatic rings. The van der Waals surface area contributed by atoms with Gasteiger partial charge >= 0.3 is 0 Å². The minimum Gasteiger partial charge on any atom is -0.372 e. The summed E-state index contributed by atoms with van der Waals surface area (Å²) >= 11 is 1.73. The Balaban J connectivity index is 4.59. The van der Waals surface area contributed by atoms with Crippen LogP contribution in [-0.4, -0.2) is 22.7 Å². The molecule has 0 rings (SSSR count). The molecule has 1 amide bonds. The first-order chi connectivity index (χ1) is 7.42. The van der Waals surface area contributed by atoms with Crippen molar-refractivity contribution in [3.63, 3.8) is 0 Å². The van der Waals surface area contributed by atoms with E-state index >= 15 is 0 Å². The van der Waals surface area contributed by atoms with E-state index in [0.29, 0.717) is 13.2 Å². The van der Waals surface area contributed by atoms with Crippen molar-refractivity contribution in [2.75, 3.05) is 13.2 Å². The van der Waals surface area contributed by atoms with Crippen LogP contribution in [-0.2, 0) is 4.74 Å². The minimum atomic E-state index is -0.240. The number of carbonyl (C=O) groups is 1. The molecule has 3 nitrogen and oxygen atoms in total. The van der Waals surface area contributed by atoms with E-state index in [-0.39, 0.29) is 20.3 Å². The van der Waals surface area contributed by atoms with Crippen molar-refractivity contribution in [2.45, 2.75) is 54.1 Å². The molecule has 0 aromatic heterocycles. The molecule has 0 heterocycles. The highest BCUT2D eigenvalue weighted by Gasteiger charge is 2.47. The Hall–Kier alpha value is 0.160. The van der Waals surface area contributed by atoms with Crippen molar-refractivity contribution < 1.29 is 9.53 Å². The molecule has 0 spiro atoms. The Morgan fingerprint density at radius 1 is 1.06 bits per heavy atom. The monoisotopic (exact) mass is 355 g/mol. The lowest BCUT2D eigenvalue weighted by Gasteiger charge is -2.51. The molecular formula is C13H26INO2. The van der Waals surface area contributed by atoms with Gasteiger partial charge in [0.2, 0.25) is 0 Å². The summed E-state index contributed by atoms with van der Waals surface area (Å²) in [5.41, 5.74) is -0.158. The number of nitrogens with one attached hydrogen (secondary N) is 1.